The molecule has 1 aliphatic carbocycles. The Morgan fingerprint density at radius 2 is 2.10 bits per heavy atom. The van der Waals surface area contributed by atoms with Crippen molar-refractivity contribution in [1.82, 2.24) is 4.90 Å². The second-order valence-electron chi connectivity index (χ2n) is 5.81. The third kappa shape index (κ3) is 2.71. The molecular formula is C15H19F2NO2. The molecule has 1 N–H and O–H groups in total. The summed E-state index contributed by atoms with van der Waals surface area (Å²) < 4.78 is 31.9. The van der Waals surface area contributed by atoms with E-state index < -0.39 is 17.7 Å². The van der Waals surface area contributed by atoms with Crippen LogP contribution in [0.1, 0.15) is 30.9 Å². The highest BCUT2D eigenvalue weighted by molar-refractivity contribution is 5.20. The Balaban J connectivity index is 1.63. The van der Waals surface area contributed by atoms with Gasteiger partial charge in [0.2, 0.25) is 0 Å². The van der Waals surface area contributed by atoms with E-state index >= 15 is 0 Å². The summed E-state index contributed by atoms with van der Waals surface area (Å²) in [7, 11) is 0. The summed E-state index contributed by atoms with van der Waals surface area (Å²) in [6.07, 6.45) is 2.54. The number of benzene rings is 1. The van der Waals surface area contributed by atoms with Gasteiger partial charge in [0.05, 0.1) is 18.3 Å². The maximum absolute atomic E-state index is 13.2. The predicted octanol–water partition coefficient (Wildman–Crippen LogP) is 2.25. The van der Waals surface area contributed by atoms with Crippen LogP contribution in [0.4, 0.5) is 8.78 Å². The number of halogens is 2. The molecule has 1 saturated carbocycles. The average Bonchev–Trinajstić information content (AvgIpc) is 2.40. The molecule has 3 nitrogen and oxygen atoms in total. The molecule has 20 heavy (non-hydrogen) atoms. The predicted molar refractivity (Wildman–Crippen MR) is 70.3 cm³/mol. The van der Waals surface area contributed by atoms with Crippen LogP contribution in [0, 0.1) is 11.6 Å². The summed E-state index contributed by atoms with van der Waals surface area (Å²) in [6.45, 7) is 2.68. The molecule has 1 aromatic rings. The summed E-state index contributed by atoms with van der Waals surface area (Å²) >= 11 is 0. The second kappa shape index (κ2) is 5.39. The van der Waals surface area contributed by atoms with Crippen molar-refractivity contribution in [2.45, 2.75) is 31.0 Å². The normalized spacial score (nSPS) is 23.6. The minimum Gasteiger partial charge on any atom is -0.387 e. The number of hydrogen-bond acceptors (Lipinski definition) is 3. The fourth-order valence-electron chi connectivity index (χ4n) is 3.02. The average molecular weight is 283 g/mol. The van der Waals surface area contributed by atoms with Gasteiger partial charge in [-0.2, -0.15) is 0 Å². The van der Waals surface area contributed by atoms with Crippen molar-refractivity contribution in [3.05, 3.63) is 35.4 Å². The zero-order valence-corrected chi connectivity index (χ0v) is 11.3. The van der Waals surface area contributed by atoms with Gasteiger partial charge in [-0.25, -0.2) is 8.78 Å². The molecule has 1 aromatic carbocycles. The lowest BCUT2D eigenvalue weighted by atomic mass is 9.79. The van der Waals surface area contributed by atoms with Gasteiger partial charge in [-0.05, 0) is 37.0 Å². The number of hydrogen-bond donors (Lipinski definition) is 1. The molecule has 0 aromatic heterocycles. The Labute approximate surface area is 117 Å². The van der Waals surface area contributed by atoms with E-state index in [4.69, 9.17) is 4.74 Å². The first-order chi connectivity index (χ1) is 9.58. The van der Waals surface area contributed by atoms with Gasteiger partial charge in [-0.1, -0.05) is 6.07 Å². The van der Waals surface area contributed by atoms with Gasteiger partial charge in [0, 0.05) is 19.6 Å². The summed E-state index contributed by atoms with van der Waals surface area (Å²) in [5.41, 5.74) is 0.393. The van der Waals surface area contributed by atoms with Crippen LogP contribution >= 0.6 is 0 Å². The van der Waals surface area contributed by atoms with Crippen molar-refractivity contribution in [1.29, 1.82) is 0 Å². The third-order valence-electron chi connectivity index (χ3n) is 4.35. The van der Waals surface area contributed by atoms with E-state index in [1.165, 1.54) is 12.5 Å². The van der Waals surface area contributed by atoms with E-state index in [1.807, 2.05) is 0 Å². The number of aliphatic hydroxyl groups is 1. The van der Waals surface area contributed by atoms with E-state index in [1.54, 1.807) is 0 Å². The maximum Gasteiger partial charge on any atom is 0.159 e. The highest BCUT2D eigenvalue weighted by Gasteiger charge is 2.42. The van der Waals surface area contributed by atoms with Crippen LogP contribution in [0.3, 0.4) is 0 Å². The van der Waals surface area contributed by atoms with Crippen molar-refractivity contribution in [2.75, 3.05) is 26.2 Å². The highest BCUT2D eigenvalue weighted by Crippen LogP contribution is 2.38. The molecule has 1 heterocycles. The molecule has 2 aliphatic rings. The van der Waals surface area contributed by atoms with Crippen molar-refractivity contribution in [2.24, 2.45) is 0 Å². The summed E-state index contributed by atoms with van der Waals surface area (Å²) in [5.74, 6) is -1.81. The Morgan fingerprint density at radius 3 is 2.75 bits per heavy atom. The summed E-state index contributed by atoms with van der Waals surface area (Å²) in [5, 5.41) is 10.2. The molecule has 2 fully saturated rings. The third-order valence-corrected chi connectivity index (χ3v) is 4.35. The summed E-state index contributed by atoms with van der Waals surface area (Å²) in [6, 6.07) is 3.56. The first-order valence-electron chi connectivity index (χ1n) is 7.07. The molecule has 1 aliphatic heterocycles. The Morgan fingerprint density at radius 1 is 1.30 bits per heavy atom. The molecule has 3 rings (SSSR count). The van der Waals surface area contributed by atoms with Gasteiger partial charge in [0.25, 0.3) is 0 Å². The first kappa shape index (κ1) is 13.9. The van der Waals surface area contributed by atoms with Crippen LogP contribution in [-0.4, -0.2) is 41.8 Å². The minimum atomic E-state index is -0.918. The number of rotatable bonds is 3. The molecule has 0 amide bonds. The Kier molecular flexibility index (Phi) is 3.75. The van der Waals surface area contributed by atoms with Crippen LogP contribution in [0.5, 0.6) is 0 Å². The largest absolute Gasteiger partial charge is 0.387 e. The molecule has 0 bridgehead atoms. The van der Waals surface area contributed by atoms with E-state index in [2.05, 4.69) is 4.90 Å². The van der Waals surface area contributed by atoms with Crippen LogP contribution in [0.15, 0.2) is 18.2 Å². The van der Waals surface area contributed by atoms with Crippen molar-refractivity contribution < 1.29 is 18.6 Å². The van der Waals surface area contributed by atoms with E-state index in [-0.39, 0.29) is 5.60 Å². The lowest BCUT2D eigenvalue weighted by Crippen LogP contribution is -2.56. The van der Waals surface area contributed by atoms with Crippen LogP contribution in [0.25, 0.3) is 0 Å². The molecule has 1 atom stereocenters. The topological polar surface area (TPSA) is 32.7 Å². The lowest BCUT2D eigenvalue weighted by Gasteiger charge is -2.48. The van der Waals surface area contributed by atoms with Gasteiger partial charge in [-0.3, -0.25) is 4.90 Å². The fraction of sp³-hybridized carbons (Fsp3) is 0.600. The Bertz CT molecular complexity index is 491. The number of β-amino-alcohol motifs (C(OH)–C–C–N with tert-alkyl or cyclic N) is 1. The number of aliphatic hydroxyl groups excluding tert-OH is 1. The summed E-state index contributed by atoms with van der Waals surface area (Å²) in [4.78, 5) is 2.15. The van der Waals surface area contributed by atoms with Gasteiger partial charge >= 0.3 is 0 Å². The van der Waals surface area contributed by atoms with Crippen molar-refractivity contribution in [3.63, 3.8) is 0 Å². The number of ether oxygens (including phenoxy) is 1. The molecular weight excluding hydrogens is 264 g/mol. The standard InChI is InChI=1S/C15H19F2NO2/c16-12-3-2-11(8-13(12)17)14(19)9-18-6-7-20-15(10-18)4-1-5-15/h2-3,8,14,19H,1,4-7,9-10H2. The zero-order valence-electron chi connectivity index (χ0n) is 11.3. The zero-order chi connectivity index (χ0) is 14.2. The lowest BCUT2D eigenvalue weighted by molar-refractivity contribution is -0.155. The molecule has 1 saturated heterocycles. The van der Waals surface area contributed by atoms with E-state index in [9.17, 15) is 13.9 Å². The molecule has 5 heteroatoms. The van der Waals surface area contributed by atoms with Crippen molar-refractivity contribution in [3.8, 4) is 0 Å². The van der Waals surface area contributed by atoms with Gasteiger partial charge in [0.1, 0.15) is 0 Å². The van der Waals surface area contributed by atoms with Gasteiger partial charge < -0.3 is 9.84 Å². The number of nitrogens with zero attached hydrogens (tertiary/aromatic N) is 1. The quantitative estimate of drug-likeness (QED) is 0.923. The minimum absolute atomic E-state index is 0.0218. The molecule has 0 radical (unpaired) electrons. The molecule has 110 valence electrons. The van der Waals surface area contributed by atoms with Crippen LogP contribution in [-0.2, 0) is 4.74 Å². The first-order valence-corrected chi connectivity index (χ1v) is 7.07. The maximum atomic E-state index is 13.2. The smallest absolute Gasteiger partial charge is 0.159 e. The fourth-order valence-corrected chi connectivity index (χ4v) is 3.02. The second-order valence-corrected chi connectivity index (χ2v) is 5.81. The monoisotopic (exact) mass is 283 g/mol. The SMILES string of the molecule is OC(CN1CCOC2(CCC2)C1)c1ccc(F)c(F)c1. The van der Waals surface area contributed by atoms with Gasteiger partial charge in [0.15, 0.2) is 11.6 Å². The van der Waals surface area contributed by atoms with Gasteiger partial charge in [-0.15, -0.1) is 0 Å². The highest BCUT2D eigenvalue weighted by atomic mass is 19.2. The Hall–Kier alpha value is -1.04. The van der Waals surface area contributed by atoms with E-state index in [0.717, 1.165) is 38.1 Å². The molecule has 1 unspecified atom stereocenters. The van der Waals surface area contributed by atoms with Crippen molar-refractivity contribution >= 4 is 0 Å². The molecule has 1 spiro atoms. The van der Waals surface area contributed by atoms with Crippen LogP contribution in [0.2, 0.25) is 0 Å². The number of morpholine rings is 1. The van der Waals surface area contributed by atoms with Crippen LogP contribution < -0.4 is 0 Å². The van der Waals surface area contributed by atoms with E-state index in [0.29, 0.717) is 18.7 Å².